The topological polar surface area (TPSA) is 73.9 Å². The van der Waals surface area contributed by atoms with Crippen LogP contribution in [0.1, 0.15) is 22.4 Å². The van der Waals surface area contributed by atoms with Gasteiger partial charge in [-0.1, -0.05) is 12.1 Å². The molecule has 4 rings (SSSR count). The number of hydrogen-bond donors (Lipinski definition) is 2. The van der Waals surface area contributed by atoms with Gasteiger partial charge in [-0.05, 0) is 12.1 Å². The summed E-state index contributed by atoms with van der Waals surface area (Å²) in [4.78, 5) is 26.5. The first-order valence-corrected chi connectivity index (χ1v) is 8.39. The molecule has 7 heteroatoms. The number of rotatable bonds is 3. The minimum atomic E-state index is -0.371. The number of nitrogens with one attached hydrogen (secondary N) is 2. The van der Waals surface area contributed by atoms with Crippen molar-refractivity contribution in [2.24, 2.45) is 0 Å². The van der Waals surface area contributed by atoms with Crippen LogP contribution >= 0.6 is 11.3 Å². The van der Waals surface area contributed by atoms with Crippen LogP contribution in [0.5, 0.6) is 0 Å². The van der Waals surface area contributed by atoms with Crippen molar-refractivity contribution < 1.29 is 4.79 Å². The first-order valence-electron chi connectivity index (χ1n) is 7.57. The molecule has 1 atom stereocenters. The Balaban J connectivity index is 1.53. The SMILES string of the molecule is CN(Cc1nc2ccccc2s1)C(=O)C1NCCc2[nH]cnc21. The normalized spacial score (nSPS) is 17.2. The average molecular weight is 327 g/mol. The molecule has 0 radical (unpaired) electrons. The number of carbonyl (C=O) groups is 1. The number of amides is 1. The van der Waals surface area contributed by atoms with Crippen LogP contribution in [0, 0.1) is 0 Å². The second-order valence-corrected chi connectivity index (χ2v) is 6.79. The van der Waals surface area contributed by atoms with Crippen LogP contribution in [-0.2, 0) is 17.8 Å². The lowest BCUT2D eigenvalue weighted by Crippen LogP contribution is -2.42. The molecule has 3 aromatic rings. The van der Waals surface area contributed by atoms with E-state index in [1.807, 2.05) is 25.2 Å². The van der Waals surface area contributed by atoms with Gasteiger partial charge in [0.2, 0.25) is 5.91 Å². The molecule has 0 fully saturated rings. The predicted octanol–water partition coefficient (Wildman–Crippen LogP) is 1.86. The summed E-state index contributed by atoms with van der Waals surface area (Å²) in [5.41, 5.74) is 2.85. The molecule has 6 nitrogen and oxygen atoms in total. The first kappa shape index (κ1) is 14.3. The fraction of sp³-hybridized carbons (Fsp3) is 0.312. The van der Waals surface area contributed by atoms with Crippen molar-refractivity contribution in [1.82, 2.24) is 25.2 Å². The monoisotopic (exact) mass is 327 g/mol. The minimum absolute atomic E-state index is 0.0253. The quantitative estimate of drug-likeness (QED) is 0.770. The molecule has 1 unspecified atom stereocenters. The zero-order valence-electron chi connectivity index (χ0n) is 12.7. The van der Waals surface area contributed by atoms with Crippen molar-refractivity contribution in [2.75, 3.05) is 13.6 Å². The summed E-state index contributed by atoms with van der Waals surface area (Å²) in [6, 6.07) is 7.66. The zero-order chi connectivity index (χ0) is 15.8. The van der Waals surface area contributed by atoms with Crippen molar-refractivity contribution in [1.29, 1.82) is 0 Å². The van der Waals surface area contributed by atoms with E-state index in [2.05, 4.69) is 26.3 Å². The van der Waals surface area contributed by atoms with Gasteiger partial charge in [-0.15, -0.1) is 11.3 Å². The molecule has 2 aromatic heterocycles. The van der Waals surface area contributed by atoms with Crippen LogP contribution in [-0.4, -0.2) is 39.4 Å². The Morgan fingerprint density at radius 2 is 2.30 bits per heavy atom. The van der Waals surface area contributed by atoms with E-state index in [0.717, 1.165) is 39.6 Å². The Morgan fingerprint density at radius 3 is 3.17 bits per heavy atom. The van der Waals surface area contributed by atoms with E-state index in [0.29, 0.717) is 6.54 Å². The number of likely N-dealkylation sites (N-methyl/N-ethyl adjacent to an activating group) is 1. The van der Waals surface area contributed by atoms with Crippen LogP contribution in [0.2, 0.25) is 0 Å². The molecule has 1 aliphatic heterocycles. The van der Waals surface area contributed by atoms with Gasteiger partial charge in [0, 0.05) is 25.7 Å². The number of nitrogens with zero attached hydrogens (tertiary/aromatic N) is 3. The number of carbonyl (C=O) groups excluding carboxylic acids is 1. The minimum Gasteiger partial charge on any atom is -0.348 e. The number of thiazole rings is 1. The van der Waals surface area contributed by atoms with Crippen molar-refractivity contribution >= 4 is 27.5 Å². The number of aromatic nitrogens is 3. The van der Waals surface area contributed by atoms with Gasteiger partial charge in [-0.3, -0.25) is 4.79 Å². The number of imidazole rings is 1. The summed E-state index contributed by atoms with van der Waals surface area (Å²) in [6.07, 6.45) is 2.53. The Hall–Kier alpha value is -2.25. The van der Waals surface area contributed by atoms with E-state index < -0.39 is 0 Å². The summed E-state index contributed by atoms with van der Waals surface area (Å²) in [5, 5.41) is 4.21. The van der Waals surface area contributed by atoms with Gasteiger partial charge >= 0.3 is 0 Å². The van der Waals surface area contributed by atoms with E-state index in [-0.39, 0.29) is 11.9 Å². The van der Waals surface area contributed by atoms with Gasteiger partial charge in [0.15, 0.2) is 0 Å². The van der Waals surface area contributed by atoms with E-state index in [4.69, 9.17) is 0 Å². The molecule has 1 aliphatic rings. The molecule has 23 heavy (non-hydrogen) atoms. The second-order valence-electron chi connectivity index (χ2n) is 5.67. The third-order valence-corrected chi connectivity index (χ3v) is 5.10. The maximum absolute atomic E-state index is 12.8. The van der Waals surface area contributed by atoms with Gasteiger partial charge in [0.1, 0.15) is 11.0 Å². The molecule has 1 aromatic carbocycles. The molecule has 2 N–H and O–H groups in total. The van der Waals surface area contributed by atoms with Gasteiger partial charge in [-0.25, -0.2) is 9.97 Å². The highest BCUT2D eigenvalue weighted by atomic mass is 32.1. The molecular formula is C16H17N5OS. The summed E-state index contributed by atoms with van der Waals surface area (Å²) in [6.45, 7) is 1.29. The van der Waals surface area contributed by atoms with E-state index in [1.165, 1.54) is 0 Å². The molecule has 3 heterocycles. The lowest BCUT2D eigenvalue weighted by Gasteiger charge is -2.26. The molecule has 0 spiro atoms. The highest BCUT2D eigenvalue weighted by Crippen LogP contribution is 2.25. The highest BCUT2D eigenvalue weighted by molar-refractivity contribution is 7.18. The molecule has 0 saturated heterocycles. The third-order valence-electron chi connectivity index (χ3n) is 4.08. The number of para-hydroxylation sites is 1. The van der Waals surface area contributed by atoms with E-state index >= 15 is 0 Å². The number of H-pyrrole nitrogens is 1. The molecule has 0 bridgehead atoms. The fourth-order valence-electron chi connectivity index (χ4n) is 2.91. The van der Waals surface area contributed by atoms with Crippen molar-refractivity contribution in [3.05, 3.63) is 47.0 Å². The first-order chi connectivity index (χ1) is 11.2. The number of fused-ring (bicyclic) bond motifs is 2. The molecular weight excluding hydrogens is 310 g/mol. The Labute approximate surface area is 137 Å². The van der Waals surface area contributed by atoms with Crippen molar-refractivity contribution in [3.63, 3.8) is 0 Å². The van der Waals surface area contributed by atoms with Gasteiger partial charge in [-0.2, -0.15) is 0 Å². The molecule has 0 saturated carbocycles. The van der Waals surface area contributed by atoms with Gasteiger partial charge < -0.3 is 15.2 Å². The lowest BCUT2D eigenvalue weighted by atomic mass is 10.0. The largest absolute Gasteiger partial charge is 0.348 e. The number of benzene rings is 1. The molecule has 118 valence electrons. The average Bonchev–Trinajstić information content (AvgIpc) is 3.19. The Kier molecular flexibility index (Phi) is 3.59. The van der Waals surface area contributed by atoms with Crippen molar-refractivity contribution in [3.8, 4) is 0 Å². The Bertz CT molecular complexity index is 822. The van der Waals surface area contributed by atoms with Gasteiger partial charge in [0.05, 0.1) is 28.8 Å². The Morgan fingerprint density at radius 1 is 1.43 bits per heavy atom. The maximum atomic E-state index is 12.8. The van der Waals surface area contributed by atoms with Crippen LogP contribution in [0.3, 0.4) is 0 Å². The summed E-state index contributed by atoms with van der Waals surface area (Å²) < 4.78 is 1.15. The molecule has 1 amide bonds. The number of hydrogen-bond acceptors (Lipinski definition) is 5. The fourth-order valence-corrected chi connectivity index (χ4v) is 3.93. The summed E-state index contributed by atoms with van der Waals surface area (Å²) in [7, 11) is 1.82. The van der Waals surface area contributed by atoms with Gasteiger partial charge in [0.25, 0.3) is 0 Å². The zero-order valence-corrected chi connectivity index (χ0v) is 13.6. The van der Waals surface area contributed by atoms with E-state index in [1.54, 1.807) is 22.6 Å². The second kappa shape index (κ2) is 5.75. The highest BCUT2D eigenvalue weighted by Gasteiger charge is 2.30. The maximum Gasteiger partial charge on any atom is 0.246 e. The summed E-state index contributed by atoms with van der Waals surface area (Å²) >= 11 is 1.63. The molecule has 0 aliphatic carbocycles. The van der Waals surface area contributed by atoms with Crippen molar-refractivity contribution in [2.45, 2.75) is 19.0 Å². The smallest absolute Gasteiger partial charge is 0.246 e. The van der Waals surface area contributed by atoms with Crippen LogP contribution in [0.15, 0.2) is 30.6 Å². The standard InChI is InChI=1S/C16H17N5OS/c1-21(8-13-20-10-4-2-3-5-12(10)23-13)16(22)15-14-11(6-7-17-15)18-9-19-14/h2-5,9,15,17H,6-8H2,1H3,(H,18,19). The van der Waals surface area contributed by atoms with E-state index in [9.17, 15) is 4.79 Å². The predicted molar refractivity (Wildman–Crippen MR) is 89.1 cm³/mol. The van der Waals surface area contributed by atoms with Crippen LogP contribution in [0.25, 0.3) is 10.2 Å². The number of aromatic amines is 1. The lowest BCUT2D eigenvalue weighted by molar-refractivity contribution is -0.133. The third kappa shape index (κ3) is 2.62. The van der Waals surface area contributed by atoms with Crippen LogP contribution in [0.4, 0.5) is 0 Å². The van der Waals surface area contributed by atoms with Crippen LogP contribution < -0.4 is 5.32 Å². The summed E-state index contributed by atoms with van der Waals surface area (Å²) in [5.74, 6) is 0.0253.